The fraction of sp³-hybridized carbons (Fsp3) is 0.231. The Balaban J connectivity index is 2.45. The SMILES string of the molecule is CCOC(=O)c1c(-c2ccc(C)cc2)noc1N. The highest BCUT2D eigenvalue weighted by atomic mass is 16.5. The summed E-state index contributed by atoms with van der Waals surface area (Å²) in [5.41, 5.74) is 8.09. The van der Waals surface area contributed by atoms with Crippen molar-refractivity contribution in [3.8, 4) is 11.3 Å². The predicted molar refractivity (Wildman–Crippen MR) is 67.0 cm³/mol. The normalized spacial score (nSPS) is 10.3. The maximum Gasteiger partial charge on any atom is 0.346 e. The summed E-state index contributed by atoms with van der Waals surface area (Å²) in [6.45, 7) is 3.98. The second kappa shape index (κ2) is 4.91. The Kier molecular flexibility index (Phi) is 3.32. The number of carbonyl (C=O) groups excluding carboxylic acids is 1. The molecule has 1 aromatic heterocycles. The lowest BCUT2D eigenvalue weighted by atomic mass is 10.1. The lowest BCUT2D eigenvalue weighted by Crippen LogP contribution is -2.07. The Bertz CT molecular complexity index is 558. The third-order valence-electron chi connectivity index (χ3n) is 2.52. The Morgan fingerprint density at radius 3 is 2.67 bits per heavy atom. The van der Waals surface area contributed by atoms with Crippen molar-refractivity contribution < 1.29 is 14.1 Å². The minimum absolute atomic E-state index is 0.0241. The number of anilines is 1. The molecule has 2 N–H and O–H groups in total. The number of hydrogen-bond acceptors (Lipinski definition) is 5. The van der Waals surface area contributed by atoms with Gasteiger partial charge in [-0.3, -0.25) is 0 Å². The van der Waals surface area contributed by atoms with Crippen LogP contribution in [0.25, 0.3) is 11.3 Å². The molecular weight excluding hydrogens is 232 g/mol. The molecule has 2 aromatic rings. The molecule has 5 nitrogen and oxygen atoms in total. The van der Waals surface area contributed by atoms with Crippen molar-refractivity contribution in [2.75, 3.05) is 12.3 Å². The second-order valence-electron chi connectivity index (χ2n) is 3.86. The van der Waals surface area contributed by atoms with Gasteiger partial charge in [0.25, 0.3) is 0 Å². The molecule has 0 saturated heterocycles. The van der Waals surface area contributed by atoms with Gasteiger partial charge in [-0.25, -0.2) is 4.79 Å². The molecule has 1 aromatic carbocycles. The number of aromatic nitrogens is 1. The number of rotatable bonds is 3. The molecular formula is C13H14N2O3. The molecule has 2 rings (SSSR count). The summed E-state index contributed by atoms with van der Waals surface area (Å²) in [5.74, 6) is -0.546. The standard InChI is InChI=1S/C13H14N2O3/c1-3-17-13(16)10-11(15-18-12(10)14)9-6-4-8(2)5-7-9/h4-7H,3,14H2,1-2H3. The zero-order chi connectivity index (χ0) is 13.1. The zero-order valence-electron chi connectivity index (χ0n) is 10.3. The van der Waals surface area contributed by atoms with Gasteiger partial charge >= 0.3 is 5.97 Å². The van der Waals surface area contributed by atoms with Crippen molar-refractivity contribution in [3.63, 3.8) is 0 Å². The van der Waals surface area contributed by atoms with Crippen LogP contribution in [0.2, 0.25) is 0 Å². The second-order valence-corrected chi connectivity index (χ2v) is 3.86. The highest BCUT2D eigenvalue weighted by Gasteiger charge is 2.23. The number of carbonyl (C=O) groups is 1. The first-order chi connectivity index (χ1) is 8.63. The lowest BCUT2D eigenvalue weighted by Gasteiger charge is -2.02. The Morgan fingerprint density at radius 2 is 2.06 bits per heavy atom. The van der Waals surface area contributed by atoms with Gasteiger partial charge in [0.05, 0.1) is 6.61 Å². The first-order valence-electron chi connectivity index (χ1n) is 5.62. The number of esters is 1. The van der Waals surface area contributed by atoms with Crippen molar-refractivity contribution in [3.05, 3.63) is 35.4 Å². The number of nitrogens with two attached hydrogens (primary N) is 1. The van der Waals surface area contributed by atoms with Gasteiger partial charge < -0.3 is 15.0 Å². The number of hydrogen-bond donors (Lipinski definition) is 1. The van der Waals surface area contributed by atoms with E-state index in [1.807, 2.05) is 31.2 Å². The van der Waals surface area contributed by atoms with E-state index in [0.29, 0.717) is 5.69 Å². The summed E-state index contributed by atoms with van der Waals surface area (Å²) in [6, 6.07) is 7.56. The van der Waals surface area contributed by atoms with Gasteiger partial charge in [-0.2, -0.15) is 0 Å². The third-order valence-corrected chi connectivity index (χ3v) is 2.52. The van der Waals surface area contributed by atoms with Crippen molar-refractivity contribution in [2.45, 2.75) is 13.8 Å². The highest BCUT2D eigenvalue weighted by Crippen LogP contribution is 2.27. The molecule has 0 spiro atoms. The first kappa shape index (κ1) is 12.2. The van der Waals surface area contributed by atoms with Crippen LogP contribution in [0.15, 0.2) is 28.8 Å². The smallest absolute Gasteiger partial charge is 0.346 e. The van der Waals surface area contributed by atoms with Gasteiger partial charge in [-0.15, -0.1) is 0 Å². The zero-order valence-corrected chi connectivity index (χ0v) is 10.3. The number of benzene rings is 1. The number of aryl methyl sites for hydroxylation is 1. The highest BCUT2D eigenvalue weighted by molar-refractivity contribution is 6.00. The molecule has 18 heavy (non-hydrogen) atoms. The fourth-order valence-electron chi connectivity index (χ4n) is 1.61. The molecule has 0 radical (unpaired) electrons. The number of nitrogens with zero attached hydrogens (tertiary/aromatic N) is 1. The van der Waals surface area contributed by atoms with Crippen LogP contribution in [0.4, 0.5) is 5.88 Å². The monoisotopic (exact) mass is 246 g/mol. The molecule has 0 bridgehead atoms. The van der Waals surface area contributed by atoms with Gasteiger partial charge in [-0.1, -0.05) is 35.0 Å². The molecule has 0 unspecified atom stereocenters. The maximum atomic E-state index is 11.8. The number of ether oxygens (including phenoxy) is 1. The Hall–Kier alpha value is -2.30. The van der Waals surface area contributed by atoms with E-state index in [1.54, 1.807) is 6.92 Å². The summed E-state index contributed by atoms with van der Waals surface area (Å²) in [6.07, 6.45) is 0. The van der Waals surface area contributed by atoms with Crippen LogP contribution in [-0.4, -0.2) is 17.7 Å². The molecule has 0 fully saturated rings. The van der Waals surface area contributed by atoms with E-state index >= 15 is 0 Å². The van der Waals surface area contributed by atoms with Crippen molar-refractivity contribution in [1.82, 2.24) is 5.16 Å². The van der Waals surface area contributed by atoms with Gasteiger partial charge in [0.2, 0.25) is 5.88 Å². The topological polar surface area (TPSA) is 78.3 Å². The Labute approximate surface area is 105 Å². The third kappa shape index (κ3) is 2.20. The summed E-state index contributed by atoms with van der Waals surface area (Å²) < 4.78 is 9.81. The van der Waals surface area contributed by atoms with Crippen LogP contribution in [0.1, 0.15) is 22.8 Å². The minimum atomic E-state index is -0.521. The molecule has 0 aliphatic rings. The molecule has 0 aliphatic carbocycles. The van der Waals surface area contributed by atoms with Gasteiger partial charge in [-0.05, 0) is 13.8 Å². The fourth-order valence-corrected chi connectivity index (χ4v) is 1.61. The van der Waals surface area contributed by atoms with Crippen LogP contribution >= 0.6 is 0 Å². The largest absolute Gasteiger partial charge is 0.462 e. The van der Waals surface area contributed by atoms with Crippen LogP contribution < -0.4 is 5.73 Å². The maximum absolute atomic E-state index is 11.8. The molecule has 5 heteroatoms. The van der Waals surface area contributed by atoms with Gasteiger partial charge in [0.15, 0.2) is 5.56 Å². The van der Waals surface area contributed by atoms with E-state index in [0.717, 1.165) is 11.1 Å². The van der Waals surface area contributed by atoms with Crippen LogP contribution in [0.5, 0.6) is 0 Å². The van der Waals surface area contributed by atoms with E-state index in [2.05, 4.69) is 5.16 Å². The molecule has 94 valence electrons. The van der Waals surface area contributed by atoms with Gasteiger partial charge in [0.1, 0.15) is 5.69 Å². The molecule has 0 saturated carbocycles. The van der Waals surface area contributed by atoms with Crippen molar-refractivity contribution in [2.24, 2.45) is 0 Å². The summed E-state index contributed by atoms with van der Waals surface area (Å²) in [7, 11) is 0. The van der Waals surface area contributed by atoms with E-state index in [-0.39, 0.29) is 18.1 Å². The summed E-state index contributed by atoms with van der Waals surface area (Å²) in [5, 5.41) is 3.82. The predicted octanol–water partition coefficient (Wildman–Crippen LogP) is 2.41. The van der Waals surface area contributed by atoms with E-state index in [1.165, 1.54) is 0 Å². The quantitative estimate of drug-likeness (QED) is 0.841. The van der Waals surface area contributed by atoms with Crippen LogP contribution in [-0.2, 0) is 4.74 Å². The van der Waals surface area contributed by atoms with E-state index in [9.17, 15) is 4.79 Å². The first-order valence-corrected chi connectivity index (χ1v) is 5.62. The van der Waals surface area contributed by atoms with Crippen molar-refractivity contribution >= 4 is 11.9 Å². The average Bonchev–Trinajstić information content (AvgIpc) is 2.72. The average molecular weight is 246 g/mol. The summed E-state index contributed by atoms with van der Waals surface area (Å²) >= 11 is 0. The minimum Gasteiger partial charge on any atom is -0.462 e. The molecule has 1 heterocycles. The molecule has 0 aliphatic heterocycles. The van der Waals surface area contributed by atoms with Crippen LogP contribution in [0.3, 0.4) is 0 Å². The van der Waals surface area contributed by atoms with Crippen molar-refractivity contribution in [1.29, 1.82) is 0 Å². The Morgan fingerprint density at radius 1 is 1.39 bits per heavy atom. The number of nitrogen functional groups attached to an aromatic ring is 1. The lowest BCUT2D eigenvalue weighted by molar-refractivity contribution is 0.0528. The van der Waals surface area contributed by atoms with Gasteiger partial charge in [0, 0.05) is 5.56 Å². The molecule has 0 atom stereocenters. The summed E-state index contributed by atoms with van der Waals surface area (Å²) in [4.78, 5) is 11.8. The van der Waals surface area contributed by atoms with E-state index in [4.69, 9.17) is 15.0 Å². The van der Waals surface area contributed by atoms with E-state index < -0.39 is 5.97 Å². The van der Waals surface area contributed by atoms with Crippen LogP contribution in [0, 0.1) is 6.92 Å². The molecule has 0 amide bonds.